The molecule has 2 heteroatoms. The molecule has 2 nitrogen and oxygen atoms in total. The highest BCUT2D eigenvalue weighted by Crippen LogP contribution is 2.42. The molecule has 1 saturated carbocycles. The lowest BCUT2D eigenvalue weighted by Crippen LogP contribution is -2.30. The SMILES string of the molecule is Oc1ccc2c(c1)CC1CCC(C2)C1Nc1ccccc1. The molecule has 3 unspecified atom stereocenters. The lowest BCUT2D eigenvalue weighted by Gasteiger charge is -2.24. The Labute approximate surface area is 125 Å². The first-order valence-electron chi connectivity index (χ1n) is 7.92. The second-order valence-electron chi connectivity index (χ2n) is 6.49. The van der Waals surface area contributed by atoms with Crippen LogP contribution < -0.4 is 5.32 Å². The Hall–Kier alpha value is -1.96. The highest BCUT2D eigenvalue weighted by atomic mass is 16.3. The maximum absolute atomic E-state index is 9.74. The van der Waals surface area contributed by atoms with Gasteiger partial charge in [0.2, 0.25) is 0 Å². The first-order chi connectivity index (χ1) is 10.3. The van der Waals surface area contributed by atoms with E-state index in [1.54, 1.807) is 0 Å². The number of hydrogen-bond acceptors (Lipinski definition) is 2. The zero-order valence-electron chi connectivity index (χ0n) is 12.1. The monoisotopic (exact) mass is 279 g/mol. The van der Waals surface area contributed by atoms with E-state index in [9.17, 15) is 5.11 Å². The van der Waals surface area contributed by atoms with E-state index in [0.29, 0.717) is 23.6 Å². The Kier molecular flexibility index (Phi) is 3.10. The van der Waals surface area contributed by atoms with Crippen molar-refractivity contribution in [3.8, 4) is 5.75 Å². The first-order valence-corrected chi connectivity index (χ1v) is 7.92. The van der Waals surface area contributed by atoms with Gasteiger partial charge in [0, 0.05) is 11.7 Å². The lowest BCUT2D eigenvalue weighted by molar-refractivity contribution is 0.449. The van der Waals surface area contributed by atoms with Gasteiger partial charge in [0.05, 0.1) is 0 Å². The summed E-state index contributed by atoms with van der Waals surface area (Å²) in [5.41, 5.74) is 4.01. The van der Waals surface area contributed by atoms with Gasteiger partial charge < -0.3 is 10.4 Å². The number of aromatic hydroxyl groups is 1. The molecule has 2 N–H and O–H groups in total. The summed E-state index contributed by atoms with van der Waals surface area (Å²) < 4.78 is 0. The fourth-order valence-electron chi connectivity index (χ4n) is 4.16. The predicted molar refractivity (Wildman–Crippen MR) is 85.6 cm³/mol. The maximum atomic E-state index is 9.74. The molecule has 2 aliphatic carbocycles. The van der Waals surface area contributed by atoms with Gasteiger partial charge >= 0.3 is 0 Å². The van der Waals surface area contributed by atoms with Crippen LogP contribution in [-0.4, -0.2) is 11.1 Å². The van der Waals surface area contributed by atoms with Gasteiger partial charge in [0.1, 0.15) is 5.75 Å². The van der Waals surface area contributed by atoms with Gasteiger partial charge in [-0.2, -0.15) is 0 Å². The first kappa shape index (κ1) is 12.8. The lowest BCUT2D eigenvalue weighted by atomic mass is 9.93. The average molecular weight is 279 g/mol. The quantitative estimate of drug-likeness (QED) is 0.871. The van der Waals surface area contributed by atoms with E-state index in [1.165, 1.54) is 29.7 Å². The van der Waals surface area contributed by atoms with Crippen molar-refractivity contribution in [2.45, 2.75) is 31.7 Å². The number of phenols is 1. The van der Waals surface area contributed by atoms with Gasteiger partial charge in [-0.1, -0.05) is 24.3 Å². The van der Waals surface area contributed by atoms with Crippen molar-refractivity contribution in [3.05, 3.63) is 59.7 Å². The second kappa shape index (κ2) is 5.10. The third-order valence-corrected chi connectivity index (χ3v) is 5.19. The summed E-state index contributed by atoms with van der Waals surface area (Å²) in [6, 6.07) is 17.0. The summed E-state index contributed by atoms with van der Waals surface area (Å²) in [6.45, 7) is 0. The molecule has 0 radical (unpaired) electrons. The van der Waals surface area contributed by atoms with Crippen LogP contribution in [0, 0.1) is 11.8 Å². The molecule has 0 spiro atoms. The van der Waals surface area contributed by atoms with Crippen molar-refractivity contribution in [1.82, 2.24) is 0 Å². The maximum Gasteiger partial charge on any atom is 0.115 e. The minimum Gasteiger partial charge on any atom is -0.508 e. The van der Waals surface area contributed by atoms with Gasteiger partial charge in [0.15, 0.2) is 0 Å². The molecular formula is C19H21NO. The van der Waals surface area contributed by atoms with Crippen molar-refractivity contribution in [2.24, 2.45) is 11.8 Å². The summed E-state index contributed by atoms with van der Waals surface area (Å²) in [7, 11) is 0. The van der Waals surface area contributed by atoms with Crippen LogP contribution >= 0.6 is 0 Å². The number of fused-ring (bicyclic) bond motifs is 3. The fourth-order valence-corrected chi connectivity index (χ4v) is 4.16. The van der Waals surface area contributed by atoms with Gasteiger partial charge in [-0.05, 0) is 72.9 Å². The zero-order valence-corrected chi connectivity index (χ0v) is 12.1. The summed E-state index contributed by atoms with van der Waals surface area (Å²) in [5.74, 6) is 1.79. The Morgan fingerprint density at radius 2 is 1.57 bits per heavy atom. The molecule has 108 valence electrons. The minimum atomic E-state index is 0.402. The summed E-state index contributed by atoms with van der Waals surface area (Å²) in [5, 5.41) is 13.5. The normalized spacial score (nSPS) is 27.0. The Balaban J connectivity index is 1.61. The Morgan fingerprint density at radius 3 is 2.33 bits per heavy atom. The molecule has 0 saturated heterocycles. The van der Waals surface area contributed by atoms with Crippen LogP contribution in [0.5, 0.6) is 5.75 Å². The van der Waals surface area contributed by atoms with Crippen molar-refractivity contribution < 1.29 is 5.11 Å². The molecule has 2 aromatic carbocycles. The van der Waals surface area contributed by atoms with Crippen LogP contribution in [0.1, 0.15) is 24.0 Å². The molecular weight excluding hydrogens is 258 g/mol. The van der Waals surface area contributed by atoms with Gasteiger partial charge in [-0.15, -0.1) is 0 Å². The van der Waals surface area contributed by atoms with Crippen LogP contribution in [0.3, 0.4) is 0 Å². The predicted octanol–water partition coefficient (Wildman–Crippen LogP) is 4.00. The molecule has 0 aromatic heterocycles. The smallest absolute Gasteiger partial charge is 0.115 e. The zero-order chi connectivity index (χ0) is 14.2. The molecule has 1 fully saturated rings. The molecule has 4 rings (SSSR count). The van der Waals surface area contributed by atoms with E-state index in [4.69, 9.17) is 0 Å². The fraction of sp³-hybridized carbons (Fsp3) is 0.368. The third-order valence-electron chi connectivity index (χ3n) is 5.19. The van der Waals surface area contributed by atoms with Gasteiger partial charge in [-0.25, -0.2) is 0 Å². The van der Waals surface area contributed by atoms with Crippen LogP contribution in [0.15, 0.2) is 48.5 Å². The number of phenolic OH excluding ortho intramolecular Hbond substituents is 1. The van der Waals surface area contributed by atoms with E-state index in [-0.39, 0.29) is 0 Å². The Morgan fingerprint density at radius 1 is 0.857 bits per heavy atom. The van der Waals surface area contributed by atoms with E-state index in [2.05, 4.69) is 41.7 Å². The number of anilines is 1. The third kappa shape index (κ3) is 2.39. The standard InChI is InChI=1S/C19H21NO/c21-18-9-8-13-10-14-6-7-15(11-16(13)12-18)19(14)20-17-4-2-1-3-5-17/h1-5,8-9,12,14-15,19-21H,6-7,10-11H2. The highest BCUT2D eigenvalue weighted by Gasteiger charge is 2.38. The van der Waals surface area contributed by atoms with E-state index < -0.39 is 0 Å². The molecule has 0 aliphatic heterocycles. The van der Waals surface area contributed by atoms with Crippen LogP contribution in [0.2, 0.25) is 0 Å². The van der Waals surface area contributed by atoms with Crippen molar-refractivity contribution in [2.75, 3.05) is 5.32 Å². The summed E-state index contributed by atoms with van der Waals surface area (Å²) in [4.78, 5) is 0. The van der Waals surface area contributed by atoms with Gasteiger partial charge in [-0.3, -0.25) is 0 Å². The second-order valence-corrected chi connectivity index (χ2v) is 6.49. The number of benzene rings is 2. The van der Waals surface area contributed by atoms with Crippen molar-refractivity contribution in [1.29, 1.82) is 0 Å². The van der Waals surface area contributed by atoms with Crippen LogP contribution in [0.25, 0.3) is 0 Å². The van der Waals surface area contributed by atoms with E-state index in [0.717, 1.165) is 12.8 Å². The molecule has 0 amide bonds. The summed E-state index contributed by atoms with van der Waals surface area (Å²) >= 11 is 0. The largest absolute Gasteiger partial charge is 0.508 e. The molecule has 0 heterocycles. The van der Waals surface area contributed by atoms with Gasteiger partial charge in [0.25, 0.3) is 0 Å². The van der Waals surface area contributed by atoms with Crippen molar-refractivity contribution in [3.63, 3.8) is 0 Å². The average Bonchev–Trinajstić information content (AvgIpc) is 2.76. The van der Waals surface area contributed by atoms with Crippen LogP contribution in [-0.2, 0) is 12.8 Å². The number of rotatable bonds is 2. The topological polar surface area (TPSA) is 32.3 Å². The van der Waals surface area contributed by atoms with E-state index in [1.807, 2.05) is 12.1 Å². The molecule has 2 aromatic rings. The number of hydrogen-bond donors (Lipinski definition) is 2. The summed E-state index contributed by atoms with van der Waals surface area (Å²) in [6.07, 6.45) is 4.83. The van der Waals surface area contributed by atoms with E-state index >= 15 is 0 Å². The molecule has 21 heavy (non-hydrogen) atoms. The highest BCUT2D eigenvalue weighted by molar-refractivity contribution is 5.45. The van der Waals surface area contributed by atoms with Crippen LogP contribution in [0.4, 0.5) is 5.69 Å². The van der Waals surface area contributed by atoms with Crippen molar-refractivity contribution >= 4 is 5.69 Å². The molecule has 2 aliphatic rings. The number of para-hydroxylation sites is 1. The Bertz CT molecular complexity index is 637. The minimum absolute atomic E-state index is 0.402. The number of nitrogens with one attached hydrogen (secondary N) is 1. The molecule has 2 bridgehead atoms. The molecule has 3 atom stereocenters.